The molecule has 2 rings (SSSR count). The van der Waals surface area contributed by atoms with Crippen molar-refractivity contribution in [2.45, 2.75) is 0 Å². The molecule has 4 nitrogen and oxygen atoms in total. The van der Waals surface area contributed by atoms with Gasteiger partial charge in [-0.1, -0.05) is 23.7 Å². The number of benzene rings is 2. The van der Waals surface area contributed by atoms with E-state index in [9.17, 15) is 9.18 Å². The van der Waals surface area contributed by atoms with Crippen LogP contribution >= 0.6 is 11.6 Å². The fourth-order valence-electron chi connectivity index (χ4n) is 1.74. The summed E-state index contributed by atoms with van der Waals surface area (Å²) in [4.78, 5) is 12.1. The SMILES string of the molecule is N#CC(=Cc1ccc(C#N)cc1)C(=O)Nc1ccc(F)c(Cl)c1. The molecule has 2 aromatic carbocycles. The Morgan fingerprint density at radius 3 is 2.43 bits per heavy atom. The number of amides is 1. The summed E-state index contributed by atoms with van der Waals surface area (Å²) in [6.07, 6.45) is 1.39. The Hall–Kier alpha value is -3.15. The molecule has 1 amide bonds. The van der Waals surface area contributed by atoms with Crippen LogP contribution < -0.4 is 5.32 Å². The van der Waals surface area contributed by atoms with Crippen molar-refractivity contribution in [3.63, 3.8) is 0 Å². The van der Waals surface area contributed by atoms with Gasteiger partial charge in [-0.25, -0.2) is 4.39 Å². The first kappa shape index (κ1) is 16.2. The highest BCUT2D eigenvalue weighted by Gasteiger charge is 2.10. The lowest BCUT2D eigenvalue weighted by atomic mass is 10.1. The monoisotopic (exact) mass is 325 g/mol. The molecule has 23 heavy (non-hydrogen) atoms. The van der Waals surface area contributed by atoms with Crippen molar-refractivity contribution in [1.82, 2.24) is 0 Å². The molecule has 0 aliphatic rings. The lowest BCUT2D eigenvalue weighted by Crippen LogP contribution is -2.13. The van der Waals surface area contributed by atoms with Crippen LogP contribution in [-0.2, 0) is 4.79 Å². The van der Waals surface area contributed by atoms with Crippen LogP contribution in [0.3, 0.4) is 0 Å². The van der Waals surface area contributed by atoms with Crippen molar-refractivity contribution in [3.8, 4) is 12.1 Å². The number of carbonyl (C=O) groups is 1. The number of hydrogen-bond acceptors (Lipinski definition) is 3. The van der Waals surface area contributed by atoms with Crippen LogP contribution in [0.4, 0.5) is 10.1 Å². The normalized spacial score (nSPS) is 10.5. The Balaban J connectivity index is 2.20. The molecule has 0 saturated carbocycles. The van der Waals surface area contributed by atoms with E-state index in [4.69, 9.17) is 22.1 Å². The number of nitrogens with zero attached hydrogens (tertiary/aromatic N) is 2. The fraction of sp³-hybridized carbons (Fsp3) is 0. The van der Waals surface area contributed by atoms with Gasteiger partial charge in [0.15, 0.2) is 0 Å². The van der Waals surface area contributed by atoms with Crippen LogP contribution in [0.1, 0.15) is 11.1 Å². The van der Waals surface area contributed by atoms with E-state index >= 15 is 0 Å². The maximum atomic E-state index is 13.1. The quantitative estimate of drug-likeness (QED) is 0.687. The third-order valence-corrected chi connectivity index (χ3v) is 3.18. The highest BCUT2D eigenvalue weighted by Crippen LogP contribution is 2.20. The predicted octanol–water partition coefficient (Wildman–Crippen LogP) is 3.90. The van der Waals surface area contributed by atoms with E-state index in [1.165, 1.54) is 18.2 Å². The van der Waals surface area contributed by atoms with Crippen molar-refractivity contribution in [2.24, 2.45) is 0 Å². The summed E-state index contributed by atoms with van der Waals surface area (Å²) >= 11 is 5.64. The van der Waals surface area contributed by atoms with Crippen LogP contribution in [0, 0.1) is 28.5 Å². The highest BCUT2D eigenvalue weighted by molar-refractivity contribution is 6.31. The van der Waals surface area contributed by atoms with Gasteiger partial charge in [0.25, 0.3) is 5.91 Å². The van der Waals surface area contributed by atoms with E-state index in [0.29, 0.717) is 11.1 Å². The molecule has 112 valence electrons. The Bertz CT molecular complexity index is 861. The molecule has 0 fully saturated rings. The lowest BCUT2D eigenvalue weighted by molar-refractivity contribution is -0.112. The van der Waals surface area contributed by atoms with Crippen LogP contribution in [0.25, 0.3) is 6.08 Å². The van der Waals surface area contributed by atoms with Gasteiger partial charge in [-0.2, -0.15) is 10.5 Å². The number of hydrogen-bond donors (Lipinski definition) is 1. The largest absolute Gasteiger partial charge is 0.321 e. The third kappa shape index (κ3) is 4.16. The number of carbonyl (C=O) groups excluding carboxylic acids is 1. The van der Waals surface area contributed by atoms with Gasteiger partial charge in [0, 0.05) is 5.69 Å². The van der Waals surface area contributed by atoms with Gasteiger partial charge in [-0.3, -0.25) is 4.79 Å². The van der Waals surface area contributed by atoms with Crippen LogP contribution in [-0.4, -0.2) is 5.91 Å². The van der Waals surface area contributed by atoms with Crippen LogP contribution in [0.2, 0.25) is 5.02 Å². The van der Waals surface area contributed by atoms with Crippen molar-refractivity contribution in [1.29, 1.82) is 10.5 Å². The van der Waals surface area contributed by atoms with Crippen molar-refractivity contribution >= 4 is 29.3 Å². The van der Waals surface area contributed by atoms with Crippen LogP contribution in [0.5, 0.6) is 0 Å². The molecule has 0 saturated heterocycles. The van der Waals surface area contributed by atoms with E-state index in [1.54, 1.807) is 30.3 Å². The average Bonchev–Trinajstić information content (AvgIpc) is 2.56. The molecule has 0 aliphatic carbocycles. The smallest absolute Gasteiger partial charge is 0.266 e. The summed E-state index contributed by atoms with van der Waals surface area (Å²) in [5.41, 5.74) is 1.23. The third-order valence-electron chi connectivity index (χ3n) is 2.89. The minimum absolute atomic E-state index is 0.127. The Labute approximate surface area is 137 Å². The highest BCUT2D eigenvalue weighted by atomic mass is 35.5. The summed E-state index contributed by atoms with van der Waals surface area (Å²) in [6.45, 7) is 0. The zero-order valence-electron chi connectivity index (χ0n) is 11.7. The molecule has 0 radical (unpaired) electrons. The molecular weight excluding hydrogens is 317 g/mol. The number of nitriles is 2. The second-order valence-electron chi connectivity index (χ2n) is 4.49. The summed E-state index contributed by atoms with van der Waals surface area (Å²) in [5.74, 6) is -1.24. The first-order valence-corrected chi connectivity index (χ1v) is 6.79. The topological polar surface area (TPSA) is 76.7 Å². The minimum Gasteiger partial charge on any atom is -0.321 e. The summed E-state index contributed by atoms with van der Waals surface area (Å²) < 4.78 is 13.1. The molecule has 0 unspecified atom stereocenters. The van der Waals surface area contributed by atoms with E-state index in [-0.39, 0.29) is 16.3 Å². The maximum absolute atomic E-state index is 13.1. The maximum Gasteiger partial charge on any atom is 0.266 e. The first-order chi connectivity index (χ1) is 11.0. The molecule has 0 heterocycles. The standard InChI is InChI=1S/C17H9ClFN3O/c18-15-8-14(5-6-16(15)19)22-17(23)13(10-21)7-11-1-3-12(9-20)4-2-11/h1-8H,(H,22,23). The van der Waals surface area contributed by atoms with E-state index in [2.05, 4.69) is 5.32 Å². The molecular formula is C17H9ClFN3O. The summed E-state index contributed by atoms with van der Waals surface area (Å²) in [6, 6.07) is 13.9. The second-order valence-corrected chi connectivity index (χ2v) is 4.89. The van der Waals surface area contributed by atoms with Gasteiger partial charge in [-0.05, 0) is 42.0 Å². The zero-order valence-corrected chi connectivity index (χ0v) is 12.4. The van der Waals surface area contributed by atoms with Gasteiger partial charge < -0.3 is 5.32 Å². The number of nitrogens with one attached hydrogen (secondary N) is 1. The minimum atomic E-state index is -0.639. The van der Waals surface area contributed by atoms with Crippen LogP contribution in [0.15, 0.2) is 48.0 Å². The zero-order chi connectivity index (χ0) is 16.8. The molecule has 0 atom stereocenters. The second kappa shape index (κ2) is 7.22. The van der Waals surface area contributed by atoms with E-state index < -0.39 is 11.7 Å². The molecule has 0 bridgehead atoms. The van der Waals surface area contributed by atoms with Gasteiger partial charge in [-0.15, -0.1) is 0 Å². The van der Waals surface area contributed by atoms with E-state index in [0.717, 1.165) is 6.07 Å². The Morgan fingerprint density at radius 2 is 1.87 bits per heavy atom. The molecule has 0 aliphatic heterocycles. The molecule has 6 heteroatoms. The molecule has 2 aromatic rings. The van der Waals surface area contributed by atoms with Gasteiger partial charge in [0.2, 0.25) is 0 Å². The number of halogens is 2. The van der Waals surface area contributed by atoms with Gasteiger partial charge >= 0.3 is 0 Å². The molecule has 1 N–H and O–H groups in total. The number of anilines is 1. The first-order valence-electron chi connectivity index (χ1n) is 6.42. The summed E-state index contributed by atoms with van der Waals surface area (Å²) in [7, 11) is 0. The number of rotatable bonds is 3. The predicted molar refractivity (Wildman–Crippen MR) is 84.8 cm³/mol. The van der Waals surface area contributed by atoms with Gasteiger partial charge in [0.1, 0.15) is 17.5 Å². The van der Waals surface area contributed by atoms with Crippen molar-refractivity contribution in [3.05, 3.63) is 70.0 Å². The van der Waals surface area contributed by atoms with Crippen molar-refractivity contribution < 1.29 is 9.18 Å². The molecule has 0 aromatic heterocycles. The van der Waals surface area contributed by atoms with Crippen molar-refractivity contribution in [2.75, 3.05) is 5.32 Å². The lowest BCUT2D eigenvalue weighted by Gasteiger charge is -2.05. The Kier molecular flexibility index (Phi) is 5.09. The van der Waals surface area contributed by atoms with E-state index in [1.807, 2.05) is 6.07 Å². The van der Waals surface area contributed by atoms with Gasteiger partial charge in [0.05, 0.1) is 16.7 Å². The fourth-order valence-corrected chi connectivity index (χ4v) is 1.92. The average molecular weight is 326 g/mol. The molecule has 0 spiro atoms. The Morgan fingerprint density at radius 1 is 1.17 bits per heavy atom. The summed E-state index contributed by atoms with van der Waals surface area (Å²) in [5, 5.41) is 20.2.